The number of esters is 1. The van der Waals surface area contributed by atoms with E-state index in [1.807, 2.05) is 30.3 Å². The molecule has 0 saturated heterocycles. The number of carbonyl (C=O) groups excluding carboxylic acids is 1. The van der Waals surface area contributed by atoms with Crippen LogP contribution >= 0.6 is 50.2 Å². The minimum atomic E-state index is -0.642. The third-order valence-corrected chi connectivity index (χ3v) is 7.44. The number of hydrogen-bond donors (Lipinski definition) is 0. The average molecular weight is 538 g/mol. The maximum Gasteiger partial charge on any atom is 0.338 e. The molecular formula is C22H18BrClN2O3S2. The molecule has 1 aliphatic rings. The summed E-state index contributed by atoms with van der Waals surface area (Å²) in [6.07, 6.45) is 1.56. The fraction of sp³-hybridized carbons (Fsp3) is 0.227. The normalized spacial score (nSPS) is 16.5. The van der Waals surface area contributed by atoms with E-state index >= 15 is 0 Å². The molecule has 0 saturated carbocycles. The number of thiophene rings is 1. The van der Waals surface area contributed by atoms with Gasteiger partial charge in [-0.25, -0.2) is 9.79 Å². The number of hydrogen-bond acceptors (Lipinski definition) is 6. The van der Waals surface area contributed by atoms with Crippen molar-refractivity contribution in [3.63, 3.8) is 0 Å². The van der Waals surface area contributed by atoms with Crippen molar-refractivity contribution in [2.45, 2.75) is 32.9 Å². The molecule has 3 heterocycles. The molecule has 0 spiro atoms. The summed E-state index contributed by atoms with van der Waals surface area (Å²) in [5, 5.41) is 0.575. The van der Waals surface area contributed by atoms with Crippen LogP contribution in [0.2, 0.25) is 5.02 Å². The van der Waals surface area contributed by atoms with Crippen LogP contribution in [0, 0.1) is 0 Å². The van der Waals surface area contributed by atoms with Gasteiger partial charge in [0.05, 0.1) is 31.7 Å². The summed E-state index contributed by atoms with van der Waals surface area (Å²) >= 11 is 12.4. The Kier molecular flexibility index (Phi) is 6.35. The fourth-order valence-electron chi connectivity index (χ4n) is 3.36. The van der Waals surface area contributed by atoms with Gasteiger partial charge in [0.1, 0.15) is 0 Å². The van der Waals surface area contributed by atoms with E-state index in [0.717, 1.165) is 14.2 Å². The number of thiazole rings is 1. The van der Waals surface area contributed by atoms with Gasteiger partial charge in [0, 0.05) is 9.90 Å². The third kappa shape index (κ3) is 4.48. The Labute approximate surface area is 200 Å². The van der Waals surface area contributed by atoms with Crippen molar-refractivity contribution in [1.82, 2.24) is 4.57 Å². The Morgan fingerprint density at radius 2 is 1.94 bits per heavy atom. The molecule has 0 N–H and O–H groups in total. The van der Waals surface area contributed by atoms with E-state index in [4.69, 9.17) is 16.3 Å². The Morgan fingerprint density at radius 3 is 2.55 bits per heavy atom. The molecule has 2 aromatic heterocycles. The molecule has 160 valence electrons. The summed E-state index contributed by atoms with van der Waals surface area (Å²) in [5.74, 6) is -0.479. The first-order chi connectivity index (χ1) is 14.7. The third-order valence-electron chi connectivity index (χ3n) is 4.64. The topological polar surface area (TPSA) is 60.7 Å². The number of rotatable bonds is 4. The average Bonchev–Trinajstić information content (AvgIpc) is 3.24. The maximum atomic E-state index is 13.4. The SMILES string of the molecule is CC1=C(C(=O)OC(C)C)[C@@H](c2ccc(Cl)cc2)n2c(s/c(=C\c3ccc(Br)s3)c2=O)=N1. The number of aromatic nitrogens is 1. The van der Waals surface area contributed by atoms with Crippen molar-refractivity contribution in [3.05, 3.63) is 86.6 Å². The highest BCUT2D eigenvalue weighted by molar-refractivity contribution is 9.11. The molecule has 0 radical (unpaired) electrons. The first-order valence-electron chi connectivity index (χ1n) is 9.49. The monoisotopic (exact) mass is 536 g/mol. The van der Waals surface area contributed by atoms with Gasteiger partial charge in [-0.05, 0) is 72.6 Å². The zero-order valence-corrected chi connectivity index (χ0v) is 20.9. The summed E-state index contributed by atoms with van der Waals surface area (Å²) < 4.78 is 8.61. The molecule has 0 aliphatic carbocycles. The Hall–Kier alpha value is -2.00. The lowest BCUT2D eigenvalue weighted by molar-refractivity contribution is -0.143. The van der Waals surface area contributed by atoms with Gasteiger partial charge >= 0.3 is 5.97 Å². The van der Waals surface area contributed by atoms with Crippen LogP contribution in [-0.4, -0.2) is 16.6 Å². The minimum Gasteiger partial charge on any atom is -0.459 e. The van der Waals surface area contributed by atoms with E-state index in [2.05, 4.69) is 20.9 Å². The van der Waals surface area contributed by atoms with Crippen molar-refractivity contribution in [2.75, 3.05) is 0 Å². The number of allylic oxidation sites excluding steroid dienone is 1. The summed E-state index contributed by atoms with van der Waals surface area (Å²) in [7, 11) is 0. The molecule has 0 bridgehead atoms. The molecule has 31 heavy (non-hydrogen) atoms. The first-order valence-corrected chi connectivity index (χ1v) is 12.3. The molecule has 1 aliphatic heterocycles. The van der Waals surface area contributed by atoms with E-state index < -0.39 is 12.0 Å². The maximum absolute atomic E-state index is 13.4. The van der Waals surface area contributed by atoms with Crippen molar-refractivity contribution in [1.29, 1.82) is 0 Å². The number of nitrogens with zero attached hydrogens (tertiary/aromatic N) is 2. The number of benzene rings is 1. The van der Waals surface area contributed by atoms with Crippen molar-refractivity contribution in [2.24, 2.45) is 4.99 Å². The van der Waals surface area contributed by atoms with Gasteiger partial charge in [0.15, 0.2) is 4.80 Å². The molecule has 0 fully saturated rings. The van der Waals surface area contributed by atoms with E-state index in [-0.39, 0.29) is 11.7 Å². The van der Waals surface area contributed by atoms with Crippen LogP contribution in [0.15, 0.2) is 61.2 Å². The van der Waals surface area contributed by atoms with E-state index in [0.29, 0.717) is 25.6 Å². The number of carbonyl (C=O) groups is 1. The molecule has 9 heteroatoms. The van der Waals surface area contributed by atoms with Gasteiger partial charge in [-0.15, -0.1) is 11.3 Å². The highest BCUT2D eigenvalue weighted by Gasteiger charge is 2.33. The standard InChI is InChI=1S/C22H18BrClN2O3S2/c1-11(2)29-21(28)18-12(3)25-22-26(19(18)13-4-6-14(24)7-5-13)20(27)16(31-22)10-15-8-9-17(23)30-15/h4-11,19H,1-3H3/b16-10-/t19-/m1/s1. The van der Waals surface area contributed by atoms with Crippen LogP contribution in [-0.2, 0) is 9.53 Å². The highest BCUT2D eigenvalue weighted by atomic mass is 79.9. The van der Waals surface area contributed by atoms with E-state index in [1.165, 1.54) is 22.7 Å². The van der Waals surface area contributed by atoms with Gasteiger partial charge in [-0.1, -0.05) is 35.1 Å². The van der Waals surface area contributed by atoms with Gasteiger partial charge in [-0.2, -0.15) is 0 Å². The summed E-state index contributed by atoms with van der Waals surface area (Å²) in [4.78, 5) is 32.5. The van der Waals surface area contributed by atoms with Crippen LogP contribution < -0.4 is 14.9 Å². The fourth-order valence-corrected chi connectivity index (χ4v) is 5.96. The number of fused-ring (bicyclic) bond motifs is 1. The van der Waals surface area contributed by atoms with Crippen molar-refractivity contribution in [3.8, 4) is 0 Å². The van der Waals surface area contributed by atoms with Crippen molar-refractivity contribution < 1.29 is 9.53 Å². The van der Waals surface area contributed by atoms with Gasteiger partial charge in [-0.3, -0.25) is 9.36 Å². The molecule has 0 amide bonds. The minimum absolute atomic E-state index is 0.199. The second-order valence-electron chi connectivity index (χ2n) is 7.23. The Bertz CT molecular complexity index is 1370. The predicted octanol–water partition coefficient (Wildman–Crippen LogP) is 4.66. The zero-order valence-electron chi connectivity index (χ0n) is 16.9. The molecule has 1 atom stereocenters. The number of ether oxygens (including phenoxy) is 1. The largest absolute Gasteiger partial charge is 0.459 e. The van der Waals surface area contributed by atoms with Crippen LogP contribution in [0.5, 0.6) is 0 Å². The first kappa shape index (κ1) is 22.2. The molecular weight excluding hydrogens is 520 g/mol. The summed E-state index contributed by atoms with van der Waals surface area (Å²) in [5.41, 5.74) is 1.46. The van der Waals surface area contributed by atoms with E-state index in [1.54, 1.807) is 37.5 Å². The molecule has 0 unspecified atom stereocenters. The molecule has 4 rings (SSSR count). The highest BCUT2D eigenvalue weighted by Crippen LogP contribution is 2.31. The lowest BCUT2D eigenvalue weighted by Crippen LogP contribution is -2.40. The van der Waals surface area contributed by atoms with Crippen LogP contribution in [0.1, 0.15) is 37.3 Å². The predicted molar refractivity (Wildman–Crippen MR) is 128 cm³/mol. The quantitative estimate of drug-likeness (QED) is 0.455. The smallest absolute Gasteiger partial charge is 0.338 e. The van der Waals surface area contributed by atoms with Gasteiger partial charge < -0.3 is 4.74 Å². The second kappa shape index (κ2) is 8.86. The summed E-state index contributed by atoms with van der Waals surface area (Å²) in [6.45, 7) is 5.35. The Morgan fingerprint density at radius 1 is 1.23 bits per heavy atom. The lowest BCUT2D eigenvalue weighted by atomic mass is 9.96. The Balaban J connectivity index is 1.95. The van der Waals surface area contributed by atoms with Crippen LogP contribution in [0.4, 0.5) is 0 Å². The van der Waals surface area contributed by atoms with Crippen LogP contribution in [0.3, 0.4) is 0 Å². The lowest BCUT2D eigenvalue weighted by Gasteiger charge is -2.25. The molecule has 3 aromatic rings. The summed E-state index contributed by atoms with van der Waals surface area (Å²) in [6, 6.07) is 10.4. The molecule has 5 nitrogen and oxygen atoms in total. The molecule has 1 aromatic carbocycles. The second-order valence-corrected chi connectivity index (χ2v) is 11.2. The van der Waals surface area contributed by atoms with Gasteiger partial charge in [0.2, 0.25) is 0 Å². The zero-order chi connectivity index (χ0) is 22.3. The number of halogens is 2. The van der Waals surface area contributed by atoms with Crippen LogP contribution in [0.25, 0.3) is 6.08 Å². The van der Waals surface area contributed by atoms with Gasteiger partial charge in [0.25, 0.3) is 5.56 Å². The van der Waals surface area contributed by atoms with Crippen molar-refractivity contribution >= 4 is 62.2 Å². The van der Waals surface area contributed by atoms with E-state index in [9.17, 15) is 9.59 Å².